The van der Waals surface area contributed by atoms with Crippen molar-refractivity contribution < 1.29 is 9.26 Å². The molecule has 2 heterocycles. The molecule has 0 unspecified atom stereocenters. The molecule has 108 valence electrons. The normalized spacial score (nSPS) is 18.7. The summed E-state index contributed by atoms with van der Waals surface area (Å²) in [5.74, 6) is 1.98. The van der Waals surface area contributed by atoms with Gasteiger partial charge in [-0.25, -0.2) is 0 Å². The third kappa shape index (κ3) is 2.58. The Morgan fingerprint density at radius 3 is 2.70 bits per heavy atom. The molecule has 0 radical (unpaired) electrons. The predicted molar refractivity (Wildman–Crippen MR) is 77.7 cm³/mol. The fourth-order valence-electron chi connectivity index (χ4n) is 2.65. The van der Waals surface area contributed by atoms with Crippen LogP contribution in [0.3, 0.4) is 0 Å². The molecular formula is C14H19N3O2S. The lowest BCUT2D eigenvalue weighted by Gasteiger charge is -2.23. The molecule has 0 amide bonds. The summed E-state index contributed by atoms with van der Waals surface area (Å²) in [6.45, 7) is 0. The minimum absolute atomic E-state index is 0.431. The topological polar surface area (TPSA) is 74.2 Å². The van der Waals surface area contributed by atoms with Crippen molar-refractivity contribution in [2.24, 2.45) is 5.73 Å². The van der Waals surface area contributed by atoms with E-state index in [-0.39, 0.29) is 0 Å². The van der Waals surface area contributed by atoms with E-state index in [0.717, 1.165) is 36.3 Å². The van der Waals surface area contributed by atoms with Gasteiger partial charge in [-0.05, 0) is 12.8 Å². The third-order valence-electron chi connectivity index (χ3n) is 3.89. The molecule has 0 spiro atoms. The van der Waals surface area contributed by atoms with Gasteiger partial charge in [0.1, 0.15) is 5.75 Å². The number of ether oxygens (including phenoxy) is 1. The van der Waals surface area contributed by atoms with E-state index < -0.39 is 5.54 Å². The zero-order valence-electron chi connectivity index (χ0n) is 11.6. The molecule has 1 aliphatic carbocycles. The van der Waals surface area contributed by atoms with Gasteiger partial charge in [-0.2, -0.15) is 4.98 Å². The Bertz CT molecular complexity index is 570. The molecule has 0 saturated heterocycles. The lowest BCUT2D eigenvalue weighted by Crippen LogP contribution is -2.37. The highest BCUT2D eigenvalue weighted by molar-refractivity contribution is 7.13. The van der Waals surface area contributed by atoms with Gasteiger partial charge in [0, 0.05) is 11.4 Å². The fourth-order valence-corrected chi connectivity index (χ4v) is 3.42. The molecule has 3 rings (SSSR count). The summed E-state index contributed by atoms with van der Waals surface area (Å²) in [5.41, 5.74) is 6.07. The number of aromatic nitrogens is 2. The summed E-state index contributed by atoms with van der Waals surface area (Å²) in [5, 5.41) is 6.04. The summed E-state index contributed by atoms with van der Waals surface area (Å²) in [4.78, 5) is 5.43. The second kappa shape index (κ2) is 5.54. The van der Waals surface area contributed by atoms with Crippen LogP contribution in [0.5, 0.6) is 5.75 Å². The van der Waals surface area contributed by atoms with Crippen LogP contribution in [0.2, 0.25) is 0 Å². The van der Waals surface area contributed by atoms with Gasteiger partial charge in [0.2, 0.25) is 0 Å². The molecule has 1 saturated carbocycles. The standard InChI is InChI=1S/C14H19N3O2S/c1-18-10-8-11(20-9-10)12-16-13(17-19-12)14(15)6-4-2-3-5-7-14/h8-9H,2-7,15H2,1H3. The molecule has 2 aromatic heterocycles. The van der Waals surface area contributed by atoms with Crippen LogP contribution in [0.25, 0.3) is 10.8 Å². The Morgan fingerprint density at radius 1 is 1.30 bits per heavy atom. The molecule has 5 nitrogen and oxygen atoms in total. The maximum atomic E-state index is 6.50. The van der Waals surface area contributed by atoms with Crippen molar-refractivity contribution in [1.82, 2.24) is 10.1 Å². The SMILES string of the molecule is COc1csc(-c2nc(C3(N)CCCCCC3)no2)c1. The highest BCUT2D eigenvalue weighted by Gasteiger charge is 2.33. The van der Waals surface area contributed by atoms with Crippen molar-refractivity contribution in [2.45, 2.75) is 44.1 Å². The first-order chi connectivity index (χ1) is 9.71. The van der Waals surface area contributed by atoms with Crippen LogP contribution >= 0.6 is 11.3 Å². The second-order valence-electron chi connectivity index (χ2n) is 5.34. The Kier molecular flexibility index (Phi) is 3.76. The highest BCUT2D eigenvalue weighted by Crippen LogP contribution is 2.35. The quantitative estimate of drug-likeness (QED) is 0.879. The number of hydrogen-bond acceptors (Lipinski definition) is 6. The number of thiophene rings is 1. The van der Waals surface area contributed by atoms with E-state index in [2.05, 4.69) is 10.1 Å². The van der Waals surface area contributed by atoms with Crippen LogP contribution < -0.4 is 10.5 Å². The first-order valence-corrected chi connectivity index (χ1v) is 7.85. The van der Waals surface area contributed by atoms with E-state index in [1.54, 1.807) is 7.11 Å². The molecule has 20 heavy (non-hydrogen) atoms. The molecule has 0 aliphatic heterocycles. The zero-order valence-corrected chi connectivity index (χ0v) is 12.4. The van der Waals surface area contributed by atoms with E-state index in [1.807, 2.05) is 11.4 Å². The second-order valence-corrected chi connectivity index (χ2v) is 6.26. The Labute approximate surface area is 122 Å². The number of rotatable bonds is 3. The van der Waals surface area contributed by atoms with Crippen LogP contribution in [0, 0.1) is 0 Å². The number of methoxy groups -OCH3 is 1. The van der Waals surface area contributed by atoms with Gasteiger partial charge in [0.15, 0.2) is 5.82 Å². The fraction of sp³-hybridized carbons (Fsp3) is 0.571. The zero-order chi connectivity index (χ0) is 14.0. The van der Waals surface area contributed by atoms with Crippen molar-refractivity contribution in [3.8, 4) is 16.5 Å². The van der Waals surface area contributed by atoms with Crippen LogP contribution in [-0.2, 0) is 5.54 Å². The van der Waals surface area contributed by atoms with Crippen molar-refractivity contribution in [3.63, 3.8) is 0 Å². The van der Waals surface area contributed by atoms with Gasteiger partial charge in [0.25, 0.3) is 5.89 Å². The summed E-state index contributed by atoms with van der Waals surface area (Å²) in [6.07, 6.45) is 6.61. The summed E-state index contributed by atoms with van der Waals surface area (Å²) >= 11 is 1.53. The minimum Gasteiger partial charge on any atom is -0.496 e. The predicted octanol–water partition coefficient (Wildman–Crippen LogP) is 3.31. The molecule has 2 N–H and O–H groups in total. The first kappa shape index (κ1) is 13.6. The van der Waals surface area contributed by atoms with Gasteiger partial charge < -0.3 is 15.0 Å². The molecule has 1 fully saturated rings. The van der Waals surface area contributed by atoms with Gasteiger partial charge in [0.05, 0.1) is 17.5 Å². The van der Waals surface area contributed by atoms with Gasteiger partial charge in [-0.1, -0.05) is 30.8 Å². The van der Waals surface area contributed by atoms with Crippen molar-refractivity contribution in [3.05, 3.63) is 17.3 Å². The molecular weight excluding hydrogens is 274 g/mol. The van der Waals surface area contributed by atoms with Crippen molar-refractivity contribution in [2.75, 3.05) is 7.11 Å². The Balaban J connectivity index is 1.85. The van der Waals surface area contributed by atoms with Crippen molar-refractivity contribution in [1.29, 1.82) is 0 Å². The van der Waals surface area contributed by atoms with Gasteiger partial charge in [-0.3, -0.25) is 0 Å². The number of hydrogen-bond donors (Lipinski definition) is 1. The minimum atomic E-state index is -0.431. The summed E-state index contributed by atoms with van der Waals surface area (Å²) in [6, 6.07) is 1.90. The van der Waals surface area contributed by atoms with Crippen molar-refractivity contribution >= 4 is 11.3 Å². The van der Waals surface area contributed by atoms with E-state index in [0.29, 0.717) is 11.7 Å². The average Bonchev–Trinajstić information content (AvgIpc) is 3.06. The average molecular weight is 293 g/mol. The number of nitrogens with zero attached hydrogens (tertiary/aromatic N) is 2. The Morgan fingerprint density at radius 2 is 2.05 bits per heavy atom. The number of nitrogens with two attached hydrogens (primary N) is 1. The largest absolute Gasteiger partial charge is 0.496 e. The van der Waals surface area contributed by atoms with Gasteiger partial charge >= 0.3 is 0 Å². The van der Waals surface area contributed by atoms with E-state index >= 15 is 0 Å². The first-order valence-electron chi connectivity index (χ1n) is 6.97. The summed E-state index contributed by atoms with van der Waals surface area (Å²) in [7, 11) is 1.64. The summed E-state index contributed by atoms with van der Waals surface area (Å²) < 4.78 is 10.6. The van der Waals surface area contributed by atoms with Gasteiger partial charge in [-0.15, -0.1) is 11.3 Å². The lowest BCUT2D eigenvalue weighted by atomic mass is 9.91. The van der Waals surface area contributed by atoms with Crippen LogP contribution in [0.1, 0.15) is 44.3 Å². The smallest absolute Gasteiger partial charge is 0.268 e. The Hall–Kier alpha value is -1.40. The maximum absolute atomic E-state index is 6.50. The molecule has 0 atom stereocenters. The van der Waals surface area contributed by atoms with E-state index in [4.69, 9.17) is 15.0 Å². The monoisotopic (exact) mass is 293 g/mol. The highest BCUT2D eigenvalue weighted by atomic mass is 32.1. The molecule has 0 aromatic carbocycles. The molecule has 1 aliphatic rings. The molecule has 2 aromatic rings. The maximum Gasteiger partial charge on any atom is 0.268 e. The van der Waals surface area contributed by atoms with Crippen LogP contribution in [0.15, 0.2) is 16.0 Å². The van der Waals surface area contributed by atoms with Crippen LogP contribution in [0.4, 0.5) is 0 Å². The van der Waals surface area contributed by atoms with Crippen LogP contribution in [-0.4, -0.2) is 17.3 Å². The molecule has 6 heteroatoms. The van der Waals surface area contributed by atoms with E-state index in [9.17, 15) is 0 Å². The third-order valence-corrected chi connectivity index (χ3v) is 4.79. The molecule has 0 bridgehead atoms. The van der Waals surface area contributed by atoms with E-state index in [1.165, 1.54) is 24.2 Å². The lowest BCUT2D eigenvalue weighted by molar-refractivity contribution is 0.334.